The molecule has 5 heteroatoms. The molecule has 1 saturated heterocycles. The van der Waals surface area contributed by atoms with Gasteiger partial charge in [0.1, 0.15) is 0 Å². The van der Waals surface area contributed by atoms with E-state index in [2.05, 4.69) is 4.99 Å². The van der Waals surface area contributed by atoms with Crippen LogP contribution in [0.15, 0.2) is 28.2 Å². The Morgan fingerprint density at radius 3 is 2.78 bits per heavy atom. The zero-order valence-electron chi connectivity index (χ0n) is 10.9. The minimum absolute atomic E-state index is 0.0518. The Morgan fingerprint density at radius 2 is 2.22 bits per heavy atom. The van der Waals surface area contributed by atoms with Crippen molar-refractivity contribution in [1.82, 2.24) is 9.47 Å². The number of nitrogens with zero attached hydrogens (tertiary/aromatic N) is 3. The predicted molar refractivity (Wildman–Crippen MR) is 76.3 cm³/mol. The van der Waals surface area contributed by atoms with Crippen LogP contribution in [0.3, 0.4) is 0 Å². The highest BCUT2D eigenvalue weighted by Gasteiger charge is 2.31. The Kier molecular flexibility index (Phi) is 3.91. The lowest BCUT2D eigenvalue weighted by molar-refractivity contribution is -0.122. The minimum Gasteiger partial charge on any atom is -0.351 e. The SMILES string of the molecule is CCN=C1SC(=Cc2cccn2C)C(=O)N1CC. The second-order valence-corrected chi connectivity index (χ2v) is 4.97. The zero-order chi connectivity index (χ0) is 13.1. The fourth-order valence-electron chi connectivity index (χ4n) is 1.80. The Morgan fingerprint density at radius 1 is 1.44 bits per heavy atom. The lowest BCUT2D eigenvalue weighted by Gasteiger charge is -2.11. The van der Waals surface area contributed by atoms with Crippen LogP contribution in [0.2, 0.25) is 0 Å². The Balaban J connectivity index is 2.32. The summed E-state index contributed by atoms with van der Waals surface area (Å²) in [4.78, 5) is 19.0. The third kappa shape index (κ3) is 2.36. The van der Waals surface area contributed by atoms with Gasteiger partial charge in [-0.25, -0.2) is 0 Å². The molecule has 0 unspecified atom stereocenters. The Hall–Kier alpha value is -1.49. The molecule has 1 aliphatic rings. The molecule has 0 atom stereocenters. The molecule has 1 aromatic heterocycles. The third-order valence-electron chi connectivity index (χ3n) is 2.76. The van der Waals surface area contributed by atoms with Gasteiger partial charge in [0, 0.05) is 32.0 Å². The number of thioether (sulfide) groups is 1. The van der Waals surface area contributed by atoms with Gasteiger partial charge in [-0.2, -0.15) is 0 Å². The summed E-state index contributed by atoms with van der Waals surface area (Å²) in [5.41, 5.74) is 1.03. The number of carbonyl (C=O) groups excluding carboxylic acids is 1. The number of hydrogen-bond donors (Lipinski definition) is 0. The topological polar surface area (TPSA) is 37.6 Å². The number of carbonyl (C=O) groups is 1. The van der Waals surface area contributed by atoms with E-state index in [4.69, 9.17) is 0 Å². The van der Waals surface area contributed by atoms with Crippen LogP contribution in [-0.4, -0.2) is 33.6 Å². The minimum atomic E-state index is 0.0518. The van der Waals surface area contributed by atoms with E-state index in [-0.39, 0.29) is 5.91 Å². The first kappa shape index (κ1) is 13.0. The first-order chi connectivity index (χ1) is 8.67. The van der Waals surface area contributed by atoms with E-state index in [1.54, 1.807) is 4.90 Å². The first-order valence-corrected chi connectivity index (χ1v) is 6.86. The molecule has 96 valence electrons. The molecule has 0 saturated carbocycles. The van der Waals surface area contributed by atoms with E-state index in [0.29, 0.717) is 13.1 Å². The van der Waals surface area contributed by atoms with Gasteiger partial charge in [-0.15, -0.1) is 0 Å². The monoisotopic (exact) mass is 263 g/mol. The number of aromatic nitrogens is 1. The van der Waals surface area contributed by atoms with Crippen molar-refractivity contribution in [3.63, 3.8) is 0 Å². The predicted octanol–water partition coefficient (Wildman–Crippen LogP) is 2.34. The van der Waals surface area contributed by atoms with Crippen molar-refractivity contribution in [2.24, 2.45) is 12.0 Å². The first-order valence-electron chi connectivity index (χ1n) is 6.04. The van der Waals surface area contributed by atoms with Gasteiger partial charge in [0.15, 0.2) is 5.17 Å². The summed E-state index contributed by atoms with van der Waals surface area (Å²) in [6.45, 7) is 5.30. The molecule has 1 amide bonds. The summed E-state index contributed by atoms with van der Waals surface area (Å²) in [6, 6.07) is 3.96. The van der Waals surface area contributed by atoms with Crippen LogP contribution in [0.1, 0.15) is 19.5 Å². The molecule has 2 rings (SSSR count). The maximum atomic E-state index is 12.2. The summed E-state index contributed by atoms with van der Waals surface area (Å²) in [5, 5.41) is 0.811. The van der Waals surface area contributed by atoms with Crippen molar-refractivity contribution in [3.8, 4) is 0 Å². The van der Waals surface area contributed by atoms with Gasteiger partial charge in [-0.3, -0.25) is 14.7 Å². The summed E-state index contributed by atoms with van der Waals surface area (Å²) in [5.74, 6) is 0.0518. The standard InChI is InChI=1S/C13H17N3OS/c1-4-14-13-16(5-2)12(17)11(18-13)9-10-7-6-8-15(10)3/h6-9H,4-5H2,1-3H3. The average molecular weight is 263 g/mol. The fourth-order valence-corrected chi connectivity index (χ4v) is 2.89. The lowest BCUT2D eigenvalue weighted by Crippen LogP contribution is -2.28. The molecule has 0 N–H and O–H groups in total. The molecule has 2 heterocycles. The maximum absolute atomic E-state index is 12.2. The molecule has 0 bridgehead atoms. The number of hydrogen-bond acceptors (Lipinski definition) is 3. The molecular formula is C13H17N3OS. The molecule has 1 aromatic rings. The van der Waals surface area contributed by atoms with Crippen molar-refractivity contribution in [2.45, 2.75) is 13.8 Å². The number of aryl methyl sites for hydroxylation is 1. The molecule has 1 fully saturated rings. The molecule has 0 radical (unpaired) electrons. The summed E-state index contributed by atoms with van der Waals surface area (Å²) >= 11 is 1.46. The van der Waals surface area contributed by atoms with Gasteiger partial charge >= 0.3 is 0 Å². The van der Waals surface area contributed by atoms with Crippen molar-refractivity contribution >= 4 is 28.9 Å². The highest BCUT2D eigenvalue weighted by molar-refractivity contribution is 8.18. The number of amides is 1. The molecule has 0 aliphatic carbocycles. The molecule has 0 spiro atoms. The number of likely N-dealkylation sites (N-methyl/N-ethyl adjacent to an activating group) is 1. The Bertz CT molecular complexity index is 516. The van der Waals surface area contributed by atoms with Crippen LogP contribution >= 0.6 is 11.8 Å². The van der Waals surface area contributed by atoms with Crippen LogP contribution < -0.4 is 0 Å². The molecule has 18 heavy (non-hydrogen) atoms. The zero-order valence-corrected chi connectivity index (χ0v) is 11.7. The van der Waals surface area contributed by atoms with E-state index in [1.165, 1.54) is 11.8 Å². The number of aliphatic imine (C=N–C) groups is 1. The van der Waals surface area contributed by atoms with E-state index in [0.717, 1.165) is 15.8 Å². The summed E-state index contributed by atoms with van der Waals surface area (Å²) in [6.07, 6.45) is 3.89. The van der Waals surface area contributed by atoms with Gasteiger partial charge in [-0.1, -0.05) is 0 Å². The molecule has 0 aromatic carbocycles. The molecule has 4 nitrogen and oxygen atoms in total. The van der Waals surface area contributed by atoms with E-state index >= 15 is 0 Å². The van der Waals surface area contributed by atoms with Gasteiger partial charge < -0.3 is 4.57 Å². The van der Waals surface area contributed by atoms with Gasteiger partial charge in [0.2, 0.25) is 0 Å². The third-order valence-corrected chi connectivity index (χ3v) is 3.81. The van der Waals surface area contributed by atoms with Crippen LogP contribution in [0, 0.1) is 0 Å². The van der Waals surface area contributed by atoms with Crippen molar-refractivity contribution in [1.29, 1.82) is 0 Å². The smallest absolute Gasteiger partial charge is 0.266 e. The number of amidine groups is 1. The number of rotatable bonds is 3. The van der Waals surface area contributed by atoms with Crippen molar-refractivity contribution in [3.05, 3.63) is 28.9 Å². The largest absolute Gasteiger partial charge is 0.351 e. The average Bonchev–Trinajstić information content (AvgIpc) is 2.86. The van der Waals surface area contributed by atoms with Crippen molar-refractivity contribution in [2.75, 3.05) is 13.1 Å². The quantitative estimate of drug-likeness (QED) is 0.785. The van der Waals surface area contributed by atoms with E-state index in [1.807, 2.05) is 49.9 Å². The van der Waals surface area contributed by atoms with Crippen LogP contribution in [0.5, 0.6) is 0 Å². The van der Waals surface area contributed by atoms with Crippen LogP contribution in [0.25, 0.3) is 6.08 Å². The highest BCUT2D eigenvalue weighted by Crippen LogP contribution is 2.32. The second kappa shape index (κ2) is 5.44. The van der Waals surface area contributed by atoms with Crippen molar-refractivity contribution < 1.29 is 4.79 Å². The highest BCUT2D eigenvalue weighted by atomic mass is 32.2. The molecule has 1 aliphatic heterocycles. The Labute approximate surface area is 111 Å². The normalized spacial score (nSPS) is 20.4. The van der Waals surface area contributed by atoms with Gasteiger partial charge in [0.05, 0.1) is 4.91 Å². The van der Waals surface area contributed by atoms with Gasteiger partial charge in [-0.05, 0) is 43.8 Å². The lowest BCUT2D eigenvalue weighted by atomic mass is 10.3. The summed E-state index contributed by atoms with van der Waals surface area (Å²) < 4.78 is 1.99. The maximum Gasteiger partial charge on any atom is 0.266 e. The van der Waals surface area contributed by atoms with Crippen LogP contribution in [-0.2, 0) is 11.8 Å². The summed E-state index contributed by atoms with van der Waals surface area (Å²) in [7, 11) is 1.97. The second-order valence-electron chi connectivity index (χ2n) is 3.96. The van der Waals surface area contributed by atoms with E-state index in [9.17, 15) is 4.79 Å². The molecular weight excluding hydrogens is 246 g/mol. The van der Waals surface area contributed by atoms with Crippen LogP contribution in [0.4, 0.5) is 0 Å². The van der Waals surface area contributed by atoms with E-state index < -0.39 is 0 Å². The van der Waals surface area contributed by atoms with Gasteiger partial charge in [0.25, 0.3) is 5.91 Å². The fraction of sp³-hybridized carbons (Fsp3) is 0.385.